The maximum atomic E-state index is 10.6. The topological polar surface area (TPSA) is 54.4 Å². The van der Waals surface area contributed by atoms with Crippen LogP contribution in [0.1, 0.15) is 0 Å². The predicted octanol–water partition coefficient (Wildman–Crippen LogP) is 2.39. The lowest BCUT2D eigenvalue weighted by Crippen LogP contribution is -1.97. The maximum absolute atomic E-state index is 10.6. The van der Waals surface area contributed by atoms with Gasteiger partial charge in [0.25, 0.3) is 10.1 Å². The molecule has 0 saturated carbocycles. The second-order valence-electron chi connectivity index (χ2n) is 2.05. The van der Waals surface area contributed by atoms with Crippen LogP contribution >= 0.6 is 23.2 Å². The van der Waals surface area contributed by atoms with Gasteiger partial charge < -0.3 is 0 Å². The van der Waals surface area contributed by atoms with Gasteiger partial charge in [-0.2, -0.15) is 8.42 Å². The van der Waals surface area contributed by atoms with Crippen LogP contribution in [-0.4, -0.2) is 13.0 Å². The van der Waals surface area contributed by atoms with E-state index in [1.54, 1.807) is 0 Å². The highest BCUT2D eigenvalue weighted by Gasteiger charge is 2.10. The van der Waals surface area contributed by atoms with Gasteiger partial charge in [-0.3, -0.25) is 9.26 Å². The summed E-state index contributed by atoms with van der Waals surface area (Å²) in [6, 6.07) is 3.55. The van der Waals surface area contributed by atoms with Gasteiger partial charge in [0.1, 0.15) is 0 Å². The van der Waals surface area contributed by atoms with Gasteiger partial charge in [-0.05, 0) is 18.2 Å². The van der Waals surface area contributed by atoms with Gasteiger partial charge >= 0.3 is 0 Å². The predicted molar refractivity (Wildman–Crippen MR) is 48.8 cm³/mol. The standard InChI is InChI=1S/C6H4Cl2O3S.FH/c7-5-2-1-4(3-6(5)8)12(9,10)11;/h1-3H,(H,9,10,11);1H. The summed E-state index contributed by atoms with van der Waals surface area (Å²) in [4.78, 5) is -0.267. The normalized spacial score (nSPS) is 10.7. The lowest BCUT2D eigenvalue weighted by molar-refractivity contribution is 0.483. The highest BCUT2D eigenvalue weighted by atomic mass is 35.5. The van der Waals surface area contributed by atoms with Crippen LogP contribution in [0.3, 0.4) is 0 Å². The number of hydrogen-bond acceptors (Lipinski definition) is 2. The van der Waals surface area contributed by atoms with E-state index in [1.807, 2.05) is 0 Å². The molecule has 7 heteroatoms. The van der Waals surface area contributed by atoms with Crippen molar-refractivity contribution in [2.24, 2.45) is 0 Å². The number of hydrogen-bond donors (Lipinski definition) is 1. The molecule has 0 atom stereocenters. The van der Waals surface area contributed by atoms with E-state index in [9.17, 15) is 8.42 Å². The van der Waals surface area contributed by atoms with Crippen LogP contribution in [0.25, 0.3) is 0 Å². The van der Waals surface area contributed by atoms with Gasteiger partial charge in [0.15, 0.2) is 0 Å². The molecular weight excluding hydrogens is 242 g/mol. The Balaban J connectivity index is 0.00000144. The molecule has 0 amide bonds. The summed E-state index contributed by atoms with van der Waals surface area (Å²) in [5.41, 5.74) is 0. The van der Waals surface area contributed by atoms with Crippen LogP contribution in [-0.2, 0) is 10.1 Å². The highest BCUT2D eigenvalue weighted by molar-refractivity contribution is 7.85. The van der Waals surface area contributed by atoms with Gasteiger partial charge in [0, 0.05) is 0 Å². The van der Waals surface area contributed by atoms with Gasteiger partial charge in [-0.1, -0.05) is 23.2 Å². The van der Waals surface area contributed by atoms with E-state index < -0.39 is 10.1 Å². The molecule has 0 heterocycles. The zero-order valence-corrected chi connectivity index (χ0v) is 8.40. The Bertz CT molecular complexity index is 404. The quantitative estimate of drug-likeness (QED) is 0.775. The lowest BCUT2D eigenvalue weighted by atomic mass is 10.4. The first kappa shape index (κ1) is 12.6. The van der Waals surface area contributed by atoms with E-state index in [1.165, 1.54) is 12.1 Å². The molecule has 0 fully saturated rings. The summed E-state index contributed by atoms with van der Waals surface area (Å²) in [6.45, 7) is 0. The van der Waals surface area contributed by atoms with Crippen molar-refractivity contribution >= 4 is 33.3 Å². The monoisotopic (exact) mass is 246 g/mol. The SMILES string of the molecule is F.O=S(=O)(O)c1ccc(Cl)c(Cl)c1. The van der Waals surface area contributed by atoms with Crippen molar-refractivity contribution in [1.82, 2.24) is 0 Å². The smallest absolute Gasteiger partial charge is 0.282 e. The van der Waals surface area contributed by atoms with Crippen LogP contribution in [0.5, 0.6) is 0 Å². The molecule has 0 aromatic heterocycles. The first-order valence-corrected chi connectivity index (χ1v) is 5.03. The van der Waals surface area contributed by atoms with Crippen molar-refractivity contribution in [2.45, 2.75) is 4.90 Å². The Morgan fingerprint density at radius 3 is 2.08 bits per heavy atom. The van der Waals surface area contributed by atoms with Gasteiger partial charge in [0.05, 0.1) is 14.9 Å². The Hall–Kier alpha value is -0.360. The first-order valence-electron chi connectivity index (χ1n) is 2.84. The summed E-state index contributed by atoms with van der Waals surface area (Å²) in [6.07, 6.45) is 0. The Labute approximate surface area is 84.4 Å². The van der Waals surface area contributed by atoms with E-state index in [-0.39, 0.29) is 19.6 Å². The van der Waals surface area contributed by atoms with Gasteiger partial charge in [-0.15, -0.1) is 0 Å². The third-order valence-corrected chi connectivity index (χ3v) is 2.78. The largest absolute Gasteiger partial charge is 0.294 e. The fraction of sp³-hybridized carbons (Fsp3) is 0. The lowest BCUT2D eigenvalue weighted by Gasteiger charge is -1.98. The van der Waals surface area contributed by atoms with E-state index in [0.717, 1.165) is 6.07 Å². The molecule has 0 aliphatic carbocycles. The molecule has 0 aliphatic heterocycles. The van der Waals surface area contributed by atoms with Crippen molar-refractivity contribution in [3.05, 3.63) is 28.2 Å². The van der Waals surface area contributed by atoms with E-state index >= 15 is 0 Å². The van der Waals surface area contributed by atoms with E-state index in [4.69, 9.17) is 27.8 Å². The molecule has 0 radical (unpaired) electrons. The van der Waals surface area contributed by atoms with Crippen molar-refractivity contribution < 1.29 is 17.7 Å². The summed E-state index contributed by atoms with van der Waals surface area (Å²) in [5.74, 6) is 0. The Kier molecular flexibility index (Phi) is 4.12. The maximum Gasteiger partial charge on any atom is 0.294 e. The second kappa shape index (κ2) is 4.23. The van der Waals surface area contributed by atoms with Crippen LogP contribution < -0.4 is 0 Å². The molecule has 3 nitrogen and oxygen atoms in total. The van der Waals surface area contributed by atoms with Crippen LogP contribution in [0.4, 0.5) is 4.70 Å². The van der Waals surface area contributed by atoms with Crippen LogP contribution in [0.2, 0.25) is 10.0 Å². The zero-order valence-electron chi connectivity index (χ0n) is 6.07. The van der Waals surface area contributed by atoms with Crippen LogP contribution in [0.15, 0.2) is 23.1 Å². The molecule has 0 spiro atoms. The zero-order chi connectivity index (χ0) is 9.35. The Morgan fingerprint density at radius 2 is 1.69 bits per heavy atom. The van der Waals surface area contributed by atoms with E-state index in [2.05, 4.69) is 0 Å². The number of rotatable bonds is 1. The molecule has 1 rings (SSSR count). The molecule has 74 valence electrons. The van der Waals surface area contributed by atoms with Crippen LogP contribution in [0, 0.1) is 0 Å². The summed E-state index contributed by atoms with van der Waals surface area (Å²) in [7, 11) is -4.19. The third kappa shape index (κ3) is 3.11. The molecular formula is C6H5Cl2FO3S. The first-order chi connectivity index (χ1) is 5.41. The molecule has 0 aliphatic rings. The van der Waals surface area contributed by atoms with Crippen molar-refractivity contribution in [2.75, 3.05) is 0 Å². The highest BCUT2D eigenvalue weighted by Crippen LogP contribution is 2.24. The fourth-order valence-corrected chi connectivity index (χ4v) is 1.51. The number of benzene rings is 1. The average Bonchev–Trinajstić information content (AvgIpc) is 1.92. The van der Waals surface area contributed by atoms with Gasteiger partial charge in [0.2, 0.25) is 0 Å². The summed E-state index contributed by atoms with van der Waals surface area (Å²) in [5, 5.41) is 0.329. The average molecular weight is 247 g/mol. The molecule has 13 heavy (non-hydrogen) atoms. The minimum Gasteiger partial charge on any atom is -0.282 e. The molecule has 0 unspecified atom stereocenters. The molecule has 1 N–H and O–H groups in total. The third-order valence-electron chi connectivity index (χ3n) is 1.19. The second-order valence-corrected chi connectivity index (χ2v) is 4.29. The van der Waals surface area contributed by atoms with E-state index in [0.29, 0.717) is 0 Å². The van der Waals surface area contributed by atoms with Crippen molar-refractivity contribution in [1.29, 1.82) is 0 Å². The number of halogens is 3. The summed E-state index contributed by atoms with van der Waals surface area (Å²) >= 11 is 11.0. The Morgan fingerprint density at radius 1 is 1.15 bits per heavy atom. The molecule has 1 aromatic carbocycles. The van der Waals surface area contributed by atoms with Gasteiger partial charge in [-0.25, -0.2) is 0 Å². The molecule has 0 bridgehead atoms. The fourth-order valence-electron chi connectivity index (χ4n) is 0.637. The molecule has 0 saturated heterocycles. The van der Waals surface area contributed by atoms with Crippen molar-refractivity contribution in [3.8, 4) is 0 Å². The summed E-state index contributed by atoms with van der Waals surface area (Å²) < 4.78 is 29.7. The van der Waals surface area contributed by atoms with Crippen molar-refractivity contribution in [3.63, 3.8) is 0 Å². The minimum absolute atomic E-state index is 0. The minimum atomic E-state index is -4.19. The molecule has 1 aromatic rings.